The van der Waals surface area contributed by atoms with Gasteiger partial charge >= 0.3 is 6.09 Å². The number of rotatable bonds is 3. The van der Waals surface area contributed by atoms with E-state index in [9.17, 15) is 9.18 Å². The van der Waals surface area contributed by atoms with Gasteiger partial charge in [-0.05, 0) is 24.3 Å². The maximum Gasteiger partial charge on any atom is 0.409 e. The molecular formula is C16H22FN3O3. The average molecular weight is 323 g/mol. The fraction of sp³-hybridized carbons (Fsp3) is 0.562. The summed E-state index contributed by atoms with van der Waals surface area (Å²) in [5.41, 5.74) is 0.975. The number of ether oxygens (including phenoxy) is 2. The Bertz CT molecular complexity index is 512. The molecule has 0 spiro atoms. The molecule has 3 rings (SSSR count). The second kappa shape index (κ2) is 7.61. The van der Waals surface area contributed by atoms with Gasteiger partial charge in [-0.1, -0.05) is 0 Å². The highest BCUT2D eigenvalue weighted by molar-refractivity contribution is 5.68. The van der Waals surface area contributed by atoms with Crippen molar-refractivity contribution in [3.05, 3.63) is 30.1 Å². The molecule has 1 amide bonds. The molecule has 2 fully saturated rings. The van der Waals surface area contributed by atoms with E-state index in [1.54, 1.807) is 17.0 Å². The number of benzene rings is 1. The summed E-state index contributed by atoms with van der Waals surface area (Å²) >= 11 is 0. The first-order chi connectivity index (χ1) is 11.2. The van der Waals surface area contributed by atoms with Crippen LogP contribution in [0.3, 0.4) is 0 Å². The summed E-state index contributed by atoms with van der Waals surface area (Å²) in [6.07, 6.45) is -0.281. The van der Waals surface area contributed by atoms with Gasteiger partial charge in [0.15, 0.2) is 0 Å². The van der Waals surface area contributed by atoms with Gasteiger partial charge in [0, 0.05) is 38.4 Å². The summed E-state index contributed by atoms with van der Waals surface area (Å²) in [7, 11) is 0. The monoisotopic (exact) mass is 323 g/mol. The first kappa shape index (κ1) is 16.0. The van der Waals surface area contributed by atoms with Crippen molar-refractivity contribution in [2.24, 2.45) is 0 Å². The number of piperazine rings is 1. The Kier molecular flexibility index (Phi) is 5.30. The lowest BCUT2D eigenvalue weighted by Crippen LogP contribution is -2.50. The Morgan fingerprint density at radius 3 is 2.65 bits per heavy atom. The predicted octanol–water partition coefficient (Wildman–Crippen LogP) is 1.07. The van der Waals surface area contributed by atoms with Crippen molar-refractivity contribution in [3.8, 4) is 0 Å². The Morgan fingerprint density at radius 1 is 1.26 bits per heavy atom. The van der Waals surface area contributed by atoms with Crippen molar-refractivity contribution in [1.29, 1.82) is 0 Å². The Hall–Kier alpha value is -1.86. The highest BCUT2D eigenvalue weighted by Crippen LogP contribution is 2.17. The molecule has 1 N–H and O–H groups in total. The molecule has 0 saturated carbocycles. The predicted molar refractivity (Wildman–Crippen MR) is 84.1 cm³/mol. The second-order valence-corrected chi connectivity index (χ2v) is 5.75. The number of nitrogens with zero attached hydrogens (tertiary/aromatic N) is 2. The summed E-state index contributed by atoms with van der Waals surface area (Å²) in [6.45, 7) is 5.03. The molecule has 7 heteroatoms. The third kappa shape index (κ3) is 4.33. The molecule has 0 aromatic heterocycles. The van der Waals surface area contributed by atoms with Gasteiger partial charge in [0.1, 0.15) is 12.4 Å². The number of carbonyl (C=O) groups is 1. The van der Waals surface area contributed by atoms with Crippen LogP contribution in [0, 0.1) is 5.82 Å². The molecule has 2 aliphatic rings. The van der Waals surface area contributed by atoms with Crippen LogP contribution in [-0.4, -0.2) is 69.6 Å². The van der Waals surface area contributed by atoms with E-state index >= 15 is 0 Å². The fourth-order valence-electron chi connectivity index (χ4n) is 2.79. The van der Waals surface area contributed by atoms with Crippen LogP contribution in [-0.2, 0) is 9.47 Å². The summed E-state index contributed by atoms with van der Waals surface area (Å²) in [6, 6.07) is 6.51. The van der Waals surface area contributed by atoms with Crippen molar-refractivity contribution in [2.75, 3.05) is 57.4 Å². The van der Waals surface area contributed by atoms with Gasteiger partial charge in [-0.15, -0.1) is 0 Å². The van der Waals surface area contributed by atoms with E-state index < -0.39 is 0 Å². The quantitative estimate of drug-likeness (QED) is 0.902. The van der Waals surface area contributed by atoms with Crippen molar-refractivity contribution in [2.45, 2.75) is 6.04 Å². The van der Waals surface area contributed by atoms with Crippen molar-refractivity contribution in [3.63, 3.8) is 0 Å². The van der Waals surface area contributed by atoms with Crippen molar-refractivity contribution in [1.82, 2.24) is 10.2 Å². The van der Waals surface area contributed by atoms with Crippen LogP contribution in [0.25, 0.3) is 0 Å². The highest BCUT2D eigenvalue weighted by atomic mass is 19.1. The lowest BCUT2D eigenvalue weighted by Gasteiger charge is -2.35. The fourth-order valence-corrected chi connectivity index (χ4v) is 2.79. The highest BCUT2D eigenvalue weighted by Gasteiger charge is 2.23. The maximum absolute atomic E-state index is 13.0. The summed E-state index contributed by atoms with van der Waals surface area (Å²) < 4.78 is 23.6. The molecule has 1 aromatic carbocycles. The third-order valence-corrected chi connectivity index (χ3v) is 4.14. The van der Waals surface area contributed by atoms with Gasteiger partial charge in [0.2, 0.25) is 0 Å². The molecule has 126 valence electrons. The minimum atomic E-state index is -0.281. The van der Waals surface area contributed by atoms with Crippen LogP contribution in [0.5, 0.6) is 0 Å². The van der Waals surface area contributed by atoms with Gasteiger partial charge in [-0.25, -0.2) is 9.18 Å². The number of amides is 1. The van der Waals surface area contributed by atoms with E-state index in [0.29, 0.717) is 46.0 Å². The van der Waals surface area contributed by atoms with Gasteiger partial charge in [0.05, 0.1) is 19.3 Å². The van der Waals surface area contributed by atoms with Crippen LogP contribution in [0.1, 0.15) is 0 Å². The zero-order valence-electron chi connectivity index (χ0n) is 13.0. The molecular weight excluding hydrogens is 301 g/mol. The van der Waals surface area contributed by atoms with E-state index in [4.69, 9.17) is 9.47 Å². The largest absolute Gasteiger partial charge is 0.448 e. The number of morpholine rings is 1. The standard InChI is InChI=1S/C16H22FN3O3/c17-13-1-3-15(4-2-13)19-6-8-20(9-7-19)16(21)23-12-14-11-22-10-5-18-14/h1-4,14,18H,5-12H2/t14-/m0/s1. The normalized spacial score (nSPS) is 22.0. The van der Waals surface area contributed by atoms with E-state index in [-0.39, 0.29) is 18.0 Å². The number of nitrogens with one attached hydrogen (secondary N) is 1. The van der Waals surface area contributed by atoms with Gasteiger partial charge in [0.25, 0.3) is 0 Å². The Morgan fingerprint density at radius 2 is 2.00 bits per heavy atom. The molecule has 0 radical (unpaired) electrons. The molecule has 0 bridgehead atoms. The van der Waals surface area contributed by atoms with E-state index in [2.05, 4.69) is 10.2 Å². The molecule has 23 heavy (non-hydrogen) atoms. The zero-order chi connectivity index (χ0) is 16.1. The number of hydrogen-bond acceptors (Lipinski definition) is 5. The average Bonchev–Trinajstić information content (AvgIpc) is 2.61. The minimum Gasteiger partial charge on any atom is -0.448 e. The van der Waals surface area contributed by atoms with Crippen molar-refractivity contribution >= 4 is 11.8 Å². The van der Waals surface area contributed by atoms with Gasteiger partial charge in [-0.2, -0.15) is 0 Å². The van der Waals surface area contributed by atoms with Crippen LogP contribution in [0.4, 0.5) is 14.9 Å². The second-order valence-electron chi connectivity index (χ2n) is 5.75. The third-order valence-electron chi connectivity index (χ3n) is 4.14. The maximum atomic E-state index is 13.0. The molecule has 0 aliphatic carbocycles. The SMILES string of the molecule is O=C(OC[C@@H]1COCCN1)N1CCN(c2ccc(F)cc2)CC1. The molecule has 2 saturated heterocycles. The molecule has 1 aromatic rings. The Balaban J connectivity index is 1.42. The molecule has 1 atom stereocenters. The first-order valence-electron chi connectivity index (χ1n) is 7.96. The van der Waals surface area contributed by atoms with Crippen LogP contribution in [0.2, 0.25) is 0 Å². The summed E-state index contributed by atoms with van der Waals surface area (Å²) in [5, 5.41) is 3.25. The molecule has 2 aliphatic heterocycles. The zero-order valence-corrected chi connectivity index (χ0v) is 13.0. The molecule has 2 heterocycles. The lowest BCUT2D eigenvalue weighted by molar-refractivity contribution is 0.0368. The van der Waals surface area contributed by atoms with E-state index in [1.807, 2.05) is 0 Å². The number of halogens is 1. The van der Waals surface area contributed by atoms with Crippen LogP contribution >= 0.6 is 0 Å². The minimum absolute atomic E-state index is 0.0770. The van der Waals surface area contributed by atoms with Gasteiger partial charge in [-0.3, -0.25) is 0 Å². The number of anilines is 1. The lowest BCUT2D eigenvalue weighted by atomic mass is 10.2. The smallest absolute Gasteiger partial charge is 0.409 e. The summed E-state index contributed by atoms with van der Waals surface area (Å²) in [4.78, 5) is 15.9. The van der Waals surface area contributed by atoms with Crippen LogP contribution < -0.4 is 10.2 Å². The van der Waals surface area contributed by atoms with E-state index in [0.717, 1.165) is 12.2 Å². The number of hydrogen-bond donors (Lipinski definition) is 1. The Labute approximate surface area is 135 Å². The number of carbonyl (C=O) groups excluding carboxylic acids is 1. The van der Waals surface area contributed by atoms with E-state index in [1.165, 1.54) is 12.1 Å². The molecule has 0 unspecified atom stereocenters. The van der Waals surface area contributed by atoms with Crippen LogP contribution in [0.15, 0.2) is 24.3 Å². The van der Waals surface area contributed by atoms with Gasteiger partial charge < -0.3 is 24.6 Å². The topological polar surface area (TPSA) is 54.0 Å². The molecule has 6 nitrogen and oxygen atoms in total. The summed E-state index contributed by atoms with van der Waals surface area (Å²) in [5.74, 6) is -0.240. The van der Waals surface area contributed by atoms with Crippen molar-refractivity contribution < 1.29 is 18.7 Å². The first-order valence-corrected chi connectivity index (χ1v) is 7.96.